The number of terminal acetylenes is 1. The number of rotatable bonds is 4. The van der Waals surface area contributed by atoms with E-state index in [0.717, 1.165) is 12.1 Å². The zero-order valence-electron chi connectivity index (χ0n) is 8.84. The van der Waals surface area contributed by atoms with E-state index in [2.05, 4.69) is 5.92 Å². The Labute approximate surface area is 92.9 Å². The maximum Gasteiger partial charge on any atom is 0.150 e. The van der Waals surface area contributed by atoms with Gasteiger partial charge in [-0.2, -0.15) is 0 Å². The fourth-order valence-electron chi connectivity index (χ4n) is 1.41. The van der Waals surface area contributed by atoms with Gasteiger partial charge in [0.05, 0.1) is 6.54 Å². The van der Waals surface area contributed by atoms with Crippen LogP contribution in [-0.4, -0.2) is 19.4 Å². The minimum Gasteiger partial charge on any atom is -0.356 e. The van der Waals surface area contributed by atoms with Crippen LogP contribution in [0.2, 0.25) is 0 Å². The molecule has 0 saturated heterocycles. The second kappa shape index (κ2) is 5.26. The molecule has 16 heavy (non-hydrogen) atoms. The lowest BCUT2D eigenvalue weighted by atomic mass is 10.2. The predicted molar refractivity (Wildman–Crippen MR) is 58.5 cm³/mol. The van der Waals surface area contributed by atoms with Gasteiger partial charge in [0.15, 0.2) is 0 Å². The average Bonchev–Trinajstić information content (AvgIpc) is 2.26. The van der Waals surface area contributed by atoms with Gasteiger partial charge in [-0.05, 0) is 19.1 Å². The minimum absolute atomic E-state index is 0.0319. The number of carbonyl (C=O) groups is 1. The number of hydrogen-bond donors (Lipinski definition) is 0. The van der Waals surface area contributed by atoms with Crippen LogP contribution < -0.4 is 4.90 Å². The number of nitrogens with zero attached hydrogens (tertiary/aromatic N) is 1. The van der Waals surface area contributed by atoms with Gasteiger partial charge in [0.1, 0.15) is 23.6 Å². The monoisotopic (exact) mass is 223 g/mol. The Balaban J connectivity index is 3.22. The molecule has 0 fully saturated rings. The van der Waals surface area contributed by atoms with Gasteiger partial charge in [0.25, 0.3) is 0 Å². The highest BCUT2D eigenvalue weighted by Gasteiger charge is 2.16. The first kappa shape index (κ1) is 12.2. The molecule has 0 saturated carbocycles. The van der Waals surface area contributed by atoms with Crippen molar-refractivity contribution in [3.05, 3.63) is 29.3 Å². The fourth-order valence-corrected chi connectivity index (χ4v) is 1.41. The van der Waals surface area contributed by atoms with Crippen LogP contribution in [0.5, 0.6) is 0 Å². The molecule has 1 aromatic rings. The number of hydrogen-bond acceptors (Lipinski definition) is 2. The number of benzene rings is 1. The Morgan fingerprint density at radius 1 is 1.44 bits per heavy atom. The van der Waals surface area contributed by atoms with Crippen LogP contribution in [0.3, 0.4) is 0 Å². The van der Waals surface area contributed by atoms with E-state index in [4.69, 9.17) is 6.42 Å². The molecular formula is C12H11F2NO. The zero-order chi connectivity index (χ0) is 12.1. The Morgan fingerprint density at radius 3 is 2.38 bits per heavy atom. The summed E-state index contributed by atoms with van der Waals surface area (Å²) in [5, 5.41) is 0. The summed E-state index contributed by atoms with van der Waals surface area (Å²) in [6, 6.07) is 1.98. The molecule has 0 radical (unpaired) electrons. The highest BCUT2D eigenvalue weighted by molar-refractivity contribution is 5.76. The van der Waals surface area contributed by atoms with Crippen molar-refractivity contribution in [2.75, 3.05) is 18.0 Å². The van der Waals surface area contributed by atoms with Crippen molar-refractivity contribution in [3.63, 3.8) is 0 Å². The van der Waals surface area contributed by atoms with Crippen LogP contribution in [0.15, 0.2) is 12.1 Å². The van der Waals surface area contributed by atoms with Crippen LogP contribution in [0.25, 0.3) is 0 Å². The summed E-state index contributed by atoms with van der Waals surface area (Å²) in [4.78, 5) is 11.8. The third-order valence-electron chi connectivity index (χ3n) is 2.16. The molecule has 1 rings (SSSR count). The highest BCUT2D eigenvalue weighted by atomic mass is 19.1. The van der Waals surface area contributed by atoms with Crippen molar-refractivity contribution in [1.29, 1.82) is 0 Å². The second-order valence-electron chi connectivity index (χ2n) is 3.17. The standard InChI is InChI=1S/C12H11F2NO/c1-3-5-15(4-2)12-10(13)6-9(8-16)7-11(12)14/h1,6-8H,4-5H2,2H3. The molecule has 0 aliphatic carbocycles. The smallest absolute Gasteiger partial charge is 0.150 e. The van der Waals surface area contributed by atoms with Crippen molar-refractivity contribution in [2.24, 2.45) is 0 Å². The first-order chi connectivity index (χ1) is 7.63. The first-order valence-corrected chi connectivity index (χ1v) is 4.76. The van der Waals surface area contributed by atoms with E-state index < -0.39 is 11.6 Å². The molecule has 0 atom stereocenters. The molecule has 0 amide bonds. The van der Waals surface area contributed by atoms with E-state index in [9.17, 15) is 13.6 Å². The largest absolute Gasteiger partial charge is 0.356 e. The van der Waals surface area contributed by atoms with E-state index in [0.29, 0.717) is 12.8 Å². The molecule has 0 unspecified atom stereocenters. The first-order valence-electron chi connectivity index (χ1n) is 4.76. The number of aldehydes is 1. The summed E-state index contributed by atoms with van der Waals surface area (Å²) < 4.78 is 27.1. The van der Waals surface area contributed by atoms with Gasteiger partial charge in [0, 0.05) is 12.1 Å². The second-order valence-corrected chi connectivity index (χ2v) is 3.17. The SMILES string of the molecule is C#CCN(CC)c1c(F)cc(C=O)cc1F. The predicted octanol–water partition coefficient (Wildman–Crippen LogP) is 2.24. The third-order valence-corrected chi connectivity index (χ3v) is 2.16. The molecule has 0 spiro atoms. The maximum atomic E-state index is 13.5. The molecular weight excluding hydrogens is 212 g/mol. The van der Waals surface area contributed by atoms with E-state index in [1.807, 2.05) is 0 Å². The molecule has 0 aromatic heterocycles. The van der Waals surface area contributed by atoms with Crippen LogP contribution in [-0.2, 0) is 0 Å². The summed E-state index contributed by atoms with van der Waals surface area (Å²) in [6.45, 7) is 2.24. The van der Waals surface area contributed by atoms with Crippen LogP contribution in [0, 0.1) is 24.0 Å². The molecule has 0 heterocycles. The molecule has 4 heteroatoms. The lowest BCUT2D eigenvalue weighted by Gasteiger charge is -2.21. The molecule has 84 valence electrons. The third kappa shape index (κ3) is 2.37. The number of halogens is 2. The van der Waals surface area contributed by atoms with Gasteiger partial charge in [-0.15, -0.1) is 6.42 Å². The highest BCUT2D eigenvalue weighted by Crippen LogP contribution is 2.24. The lowest BCUT2D eigenvalue weighted by molar-refractivity contribution is 0.112. The quantitative estimate of drug-likeness (QED) is 0.576. The van der Waals surface area contributed by atoms with Gasteiger partial charge in [-0.1, -0.05) is 5.92 Å². The molecule has 2 nitrogen and oxygen atoms in total. The van der Waals surface area contributed by atoms with E-state index >= 15 is 0 Å². The molecule has 0 bridgehead atoms. The van der Waals surface area contributed by atoms with Crippen molar-refractivity contribution < 1.29 is 13.6 Å². The van der Waals surface area contributed by atoms with Crippen LogP contribution in [0.4, 0.5) is 14.5 Å². The summed E-state index contributed by atoms with van der Waals surface area (Å²) in [7, 11) is 0. The normalized spacial score (nSPS) is 9.62. The number of carbonyl (C=O) groups excluding carboxylic acids is 1. The zero-order valence-corrected chi connectivity index (χ0v) is 8.84. The van der Waals surface area contributed by atoms with Crippen LogP contribution >= 0.6 is 0 Å². The maximum absolute atomic E-state index is 13.5. The minimum atomic E-state index is -0.779. The topological polar surface area (TPSA) is 20.3 Å². The van der Waals surface area contributed by atoms with Crippen molar-refractivity contribution >= 4 is 12.0 Å². The summed E-state index contributed by atoms with van der Waals surface area (Å²) in [6.07, 6.45) is 5.50. The van der Waals surface area contributed by atoms with Crippen molar-refractivity contribution in [2.45, 2.75) is 6.92 Å². The van der Waals surface area contributed by atoms with Gasteiger partial charge < -0.3 is 4.90 Å². The van der Waals surface area contributed by atoms with Gasteiger partial charge in [-0.25, -0.2) is 8.78 Å². The van der Waals surface area contributed by atoms with Crippen molar-refractivity contribution in [1.82, 2.24) is 0 Å². The van der Waals surface area contributed by atoms with E-state index in [1.54, 1.807) is 6.92 Å². The van der Waals surface area contributed by atoms with Crippen LogP contribution in [0.1, 0.15) is 17.3 Å². The summed E-state index contributed by atoms with van der Waals surface area (Å²) in [5.74, 6) is 0.766. The van der Waals surface area contributed by atoms with Gasteiger partial charge in [0.2, 0.25) is 0 Å². The summed E-state index contributed by atoms with van der Waals surface area (Å²) >= 11 is 0. The van der Waals surface area contributed by atoms with E-state index in [-0.39, 0.29) is 17.8 Å². The fraction of sp³-hybridized carbons (Fsp3) is 0.250. The molecule has 1 aromatic carbocycles. The van der Waals surface area contributed by atoms with E-state index in [1.165, 1.54) is 4.90 Å². The number of anilines is 1. The molecule has 0 aliphatic rings. The van der Waals surface area contributed by atoms with Crippen molar-refractivity contribution in [3.8, 4) is 12.3 Å². The van der Waals surface area contributed by atoms with Gasteiger partial charge >= 0.3 is 0 Å². The Morgan fingerprint density at radius 2 is 2.00 bits per heavy atom. The Bertz CT molecular complexity index is 414. The van der Waals surface area contributed by atoms with Gasteiger partial charge in [-0.3, -0.25) is 4.79 Å². The molecule has 0 N–H and O–H groups in total. The lowest BCUT2D eigenvalue weighted by Crippen LogP contribution is -2.25. The Hall–Kier alpha value is -1.89. The Kier molecular flexibility index (Phi) is 4.01. The molecule has 0 aliphatic heterocycles. The summed E-state index contributed by atoms with van der Waals surface area (Å²) in [5.41, 5.74) is -0.221. The average molecular weight is 223 g/mol.